The van der Waals surface area contributed by atoms with E-state index in [0.29, 0.717) is 10.8 Å². The van der Waals surface area contributed by atoms with E-state index in [4.69, 9.17) is 21.1 Å². The number of halogens is 1. The molecule has 2 rings (SSSR count). The fourth-order valence-corrected chi connectivity index (χ4v) is 2.08. The van der Waals surface area contributed by atoms with Crippen molar-refractivity contribution in [2.75, 3.05) is 14.2 Å². The number of ketones is 1. The Balaban J connectivity index is 2.32. The Kier molecular flexibility index (Phi) is 4.70. The smallest absolute Gasteiger partial charge is 0.171 e. The van der Waals surface area contributed by atoms with Gasteiger partial charge in [-0.05, 0) is 23.8 Å². The second kappa shape index (κ2) is 6.50. The summed E-state index contributed by atoms with van der Waals surface area (Å²) in [5.74, 6) is 0.238. The van der Waals surface area contributed by atoms with E-state index in [1.807, 2.05) is 0 Å². The molecule has 5 heteroatoms. The topological polar surface area (TPSA) is 55.8 Å². The van der Waals surface area contributed by atoms with Crippen molar-refractivity contribution in [1.29, 1.82) is 0 Å². The van der Waals surface area contributed by atoms with Gasteiger partial charge in [0.2, 0.25) is 0 Å². The first kappa shape index (κ1) is 15.2. The second-order valence-corrected chi connectivity index (χ2v) is 4.89. The Morgan fingerprint density at radius 3 is 2.38 bits per heavy atom. The molecule has 4 nitrogen and oxygen atoms in total. The van der Waals surface area contributed by atoms with Crippen LogP contribution in [0, 0.1) is 0 Å². The lowest BCUT2D eigenvalue weighted by atomic mass is 10.0. The van der Waals surface area contributed by atoms with E-state index in [2.05, 4.69) is 0 Å². The van der Waals surface area contributed by atoms with E-state index in [9.17, 15) is 9.90 Å². The number of phenols is 1. The fourth-order valence-electron chi connectivity index (χ4n) is 1.95. The number of carbonyl (C=O) groups excluding carboxylic acids is 1. The summed E-state index contributed by atoms with van der Waals surface area (Å²) in [6.07, 6.45) is 0.154. The molecule has 0 bridgehead atoms. The highest BCUT2D eigenvalue weighted by atomic mass is 35.5. The third kappa shape index (κ3) is 3.47. The largest absolute Gasteiger partial charge is 0.504 e. The summed E-state index contributed by atoms with van der Waals surface area (Å²) < 4.78 is 10.2. The lowest BCUT2D eigenvalue weighted by Crippen LogP contribution is -2.05. The van der Waals surface area contributed by atoms with E-state index in [0.717, 1.165) is 5.56 Å². The Hall–Kier alpha value is -2.20. The summed E-state index contributed by atoms with van der Waals surface area (Å²) in [5.41, 5.74) is 0.978. The summed E-state index contributed by atoms with van der Waals surface area (Å²) in [6, 6.07) is 10.0. The molecule has 0 spiro atoms. The van der Waals surface area contributed by atoms with Crippen molar-refractivity contribution in [1.82, 2.24) is 0 Å². The van der Waals surface area contributed by atoms with Crippen LogP contribution in [-0.2, 0) is 6.42 Å². The maximum Gasteiger partial charge on any atom is 0.171 e. The first-order valence-electron chi connectivity index (χ1n) is 6.27. The first-order valence-corrected chi connectivity index (χ1v) is 6.65. The van der Waals surface area contributed by atoms with Crippen LogP contribution in [0.1, 0.15) is 15.9 Å². The zero-order valence-electron chi connectivity index (χ0n) is 11.7. The Morgan fingerprint density at radius 1 is 1.14 bits per heavy atom. The number of rotatable bonds is 5. The molecule has 2 aromatic rings. The van der Waals surface area contributed by atoms with Gasteiger partial charge in [-0.1, -0.05) is 23.7 Å². The highest BCUT2D eigenvalue weighted by molar-refractivity contribution is 6.30. The maximum atomic E-state index is 12.4. The predicted molar refractivity (Wildman–Crippen MR) is 80.7 cm³/mol. The van der Waals surface area contributed by atoms with Crippen molar-refractivity contribution in [3.8, 4) is 17.2 Å². The number of Topliss-reactive ketones (excluding diaryl/α,β-unsaturated/α-hetero) is 1. The highest BCUT2D eigenvalue weighted by Crippen LogP contribution is 2.35. The Labute approximate surface area is 127 Å². The van der Waals surface area contributed by atoms with Crippen LogP contribution in [0.2, 0.25) is 5.02 Å². The van der Waals surface area contributed by atoms with Gasteiger partial charge in [0.1, 0.15) is 5.75 Å². The van der Waals surface area contributed by atoms with Gasteiger partial charge in [-0.3, -0.25) is 4.79 Å². The van der Waals surface area contributed by atoms with E-state index in [-0.39, 0.29) is 29.3 Å². The molecule has 0 radical (unpaired) electrons. The minimum absolute atomic E-state index is 0.154. The van der Waals surface area contributed by atoms with Crippen LogP contribution in [0.25, 0.3) is 0 Å². The number of methoxy groups -OCH3 is 2. The minimum atomic E-state index is -0.230. The maximum absolute atomic E-state index is 12.4. The SMILES string of the molecule is COc1cc(OC)c(O)c(C(=O)Cc2ccc(Cl)cc2)c1. The molecule has 0 amide bonds. The molecule has 0 heterocycles. The van der Waals surface area contributed by atoms with E-state index in [1.165, 1.54) is 26.4 Å². The average Bonchev–Trinajstić information content (AvgIpc) is 2.49. The zero-order chi connectivity index (χ0) is 15.4. The van der Waals surface area contributed by atoms with Crippen molar-refractivity contribution in [3.63, 3.8) is 0 Å². The van der Waals surface area contributed by atoms with Crippen LogP contribution in [-0.4, -0.2) is 25.1 Å². The van der Waals surface area contributed by atoms with Gasteiger partial charge in [-0.2, -0.15) is 0 Å². The van der Waals surface area contributed by atoms with Crippen molar-refractivity contribution in [3.05, 3.63) is 52.5 Å². The van der Waals surface area contributed by atoms with Crippen LogP contribution in [0.4, 0.5) is 0 Å². The Morgan fingerprint density at radius 2 is 1.81 bits per heavy atom. The molecule has 0 unspecified atom stereocenters. The molecular formula is C16H15ClO4. The van der Waals surface area contributed by atoms with Gasteiger partial charge in [-0.15, -0.1) is 0 Å². The number of ether oxygens (including phenoxy) is 2. The van der Waals surface area contributed by atoms with Gasteiger partial charge in [-0.25, -0.2) is 0 Å². The molecule has 2 aromatic carbocycles. The molecule has 1 N–H and O–H groups in total. The molecule has 0 saturated heterocycles. The summed E-state index contributed by atoms with van der Waals surface area (Å²) in [7, 11) is 2.90. The third-order valence-electron chi connectivity index (χ3n) is 3.08. The lowest BCUT2D eigenvalue weighted by Gasteiger charge is -2.11. The molecular weight excluding hydrogens is 292 g/mol. The summed E-state index contributed by atoms with van der Waals surface area (Å²) in [5, 5.41) is 10.7. The number of benzene rings is 2. The molecule has 0 saturated carbocycles. The van der Waals surface area contributed by atoms with E-state index < -0.39 is 0 Å². The summed E-state index contributed by atoms with van der Waals surface area (Å²) in [6.45, 7) is 0. The number of phenolic OH excluding ortho intramolecular Hbond substituents is 1. The van der Waals surface area contributed by atoms with E-state index >= 15 is 0 Å². The van der Waals surface area contributed by atoms with Crippen LogP contribution in [0.15, 0.2) is 36.4 Å². The highest BCUT2D eigenvalue weighted by Gasteiger charge is 2.17. The van der Waals surface area contributed by atoms with Crippen molar-refractivity contribution >= 4 is 17.4 Å². The predicted octanol–water partition coefficient (Wildman–Crippen LogP) is 3.49. The van der Waals surface area contributed by atoms with E-state index in [1.54, 1.807) is 24.3 Å². The monoisotopic (exact) mass is 306 g/mol. The Bertz CT molecular complexity index is 650. The summed E-state index contributed by atoms with van der Waals surface area (Å²) >= 11 is 5.81. The zero-order valence-corrected chi connectivity index (χ0v) is 12.5. The third-order valence-corrected chi connectivity index (χ3v) is 3.33. The van der Waals surface area contributed by atoms with Crippen molar-refractivity contribution < 1.29 is 19.4 Å². The van der Waals surface area contributed by atoms with Crippen LogP contribution >= 0.6 is 11.6 Å². The average molecular weight is 307 g/mol. The molecule has 21 heavy (non-hydrogen) atoms. The number of aromatic hydroxyl groups is 1. The van der Waals surface area contributed by atoms with Crippen LogP contribution in [0.3, 0.4) is 0 Å². The second-order valence-electron chi connectivity index (χ2n) is 4.45. The van der Waals surface area contributed by atoms with Crippen LogP contribution in [0.5, 0.6) is 17.2 Å². The molecule has 110 valence electrons. The fraction of sp³-hybridized carbons (Fsp3) is 0.188. The minimum Gasteiger partial charge on any atom is -0.504 e. The number of hydrogen-bond acceptors (Lipinski definition) is 4. The van der Waals surface area contributed by atoms with Crippen molar-refractivity contribution in [2.45, 2.75) is 6.42 Å². The number of carbonyl (C=O) groups is 1. The molecule has 0 aliphatic carbocycles. The van der Waals surface area contributed by atoms with Gasteiger partial charge < -0.3 is 14.6 Å². The van der Waals surface area contributed by atoms with Crippen LogP contribution < -0.4 is 9.47 Å². The summed E-state index contributed by atoms with van der Waals surface area (Å²) in [4.78, 5) is 12.4. The van der Waals surface area contributed by atoms with Gasteiger partial charge in [0.05, 0.1) is 19.8 Å². The van der Waals surface area contributed by atoms with Gasteiger partial charge >= 0.3 is 0 Å². The van der Waals surface area contributed by atoms with Gasteiger partial charge in [0.15, 0.2) is 17.3 Å². The lowest BCUT2D eigenvalue weighted by molar-refractivity contribution is 0.0989. The molecule has 0 aromatic heterocycles. The molecule has 0 aliphatic rings. The van der Waals surface area contributed by atoms with Crippen molar-refractivity contribution in [2.24, 2.45) is 0 Å². The van der Waals surface area contributed by atoms with Gasteiger partial charge in [0, 0.05) is 17.5 Å². The van der Waals surface area contributed by atoms with Gasteiger partial charge in [0.25, 0.3) is 0 Å². The first-order chi connectivity index (χ1) is 10.0. The molecule has 0 atom stereocenters. The number of hydrogen-bond donors (Lipinski definition) is 1. The molecule has 0 fully saturated rings. The molecule has 0 aliphatic heterocycles. The normalized spacial score (nSPS) is 10.2. The quantitative estimate of drug-likeness (QED) is 0.859. The standard InChI is InChI=1S/C16H15ClO4/c1-20-12-8-13(16(19)15(9-12)21-2)14(18)7-10-3-5-11(17)6-4-10/h3-6,8-9,19H,7H2,1-2H3.